The van der Waals surface area contributed by atoms with Crippen molar-refractivity contribution < 1.29 is 0 Å². The Labute approximate surface area is 104 Å². The Morgan fingerprint density at radius 2 is 1.94 bits per heavy atom. The number of aromatic amines is 2. The number of fused-ring (bicyclic) bond motifs is 1. The number of benzene rings is 1. The molecular formula is C14H13N3O. The van der Waals surface area contributed by atoms with Crippen LogP contribution in [0.1, 0.15) is 11.3 Å². The van der Waals surface area contributed by atoms with Crippen molar-refractivity contribution in [2.75, 3.05) is 0 Å². The van der Waals surface area contributed by atoms with Crippen molar-refractivity contribution in [1.29, 1.82) is 0 Å². The Balaban J connectivity index is 2.35. The van der Waals surface area contributed by atoms with Gasteiger partial charge in [0.05, 0.1) is 11.3 Å². The predicted octanol–water partition coefficient (Wildman–Crippen LogP) is 2.54. The molecule has 3 rings (SSSR count). The molecule has 0 saturated carbocycles. The molecule has 0 saturated heterocycles. The third kappa shape index (κ3) is 1.62. The molecule has 0 bridgehead atoms. The maximum absolute atomic E-state index is 11.9. The summed E-state index contributed by atoms with van der Waals surface area (Å²) in [5.74, 6) is 0. The van der Waals surface area contributed by atoms with Crippen LogP contribution < -0.4 is 5.56 Å². The minimum absolute atomic E-state index is 0.164. The van der Waals surface area contributed by atoms with Gasteiger partial charge in [-0.1, -0.05) is 11.6 Å². The zero-order valence-corrected chi connectivity index (χ0v) is 10.2. The van der Waals surface area contributed by atoms with Gasteiger partial charge in [0.25, 0.3) is 5.56 Å². The molecule has 0 aliphatic heterocycles. The zero-order chi connectivity index (χ0) is 12.7. The van der Waals surface area contributed by atoms with E-state index >= 15 is 0 Å². The standard InChI is InChI=1S/C14H13N3O/c1-8-3-4-13-10(5-8)12(7-15-13)11-6-9(2)16-17-14(11)18/h3-7,15H,1-2H3,(H,17,18). The number of hydrogen-bond donors (Lipinski definition) is 2. The first-order valence-electron chi connectivity index (χ1n) is 5.79. The van der Waals surface area contributed by atoms with Gasteiger partial charge in [-0.25, -0.2) is 5.10 Å². The smallest absolute Gasteiger partial charge is 0.272 e. The van der Waals surface area contributed by atoms with Crippen LogP contribution in [-0.4, -0.2) is 15.2 Å². The van der Waals surface area contributed by atoms with Crippen molar-refractivity contribution in [1.82, 2.24) is 15.2 Å². The van der Waals surface area contributed by atoms with E-state index in [2.05, 4.69) is 21.2 Å². The van der Waals surface area contributed by atoms with Crippen molar-refractivity contribution in [3.8, 4) is 11.1 Å². The molecule has 2 N–H and O–H groups in total. The molecule has 90 valence electrons. The molecule has 1 aromatic carbocycles. The molecule has 3 aromatic rings. The van der Waals surface area contributed by atoms with E-state index in [-0.39, 0.29) is 5.56 Å². The summed E-state index contributed by atoms with van der Waals surface area (Å²) in [5, 5.41) is 7.48. The van der Waals surface area contributed by atoms with Gasteiger partial charge in [-0.15, -0.1) is 0 Å². The number of rotatable bonds is 1. The third-order valence-corrected chi connectivity index (χ3v) is 3.06. The maximum Gasteiger partial charge on any atom is 0.272 e. The van der Waals surface area contributed by atoms with Crippen LogP contribution in [0.15, 0.2) is 35.3 Å². The number of aryl methyl sites for hydroxylation is 2. The van der Waals surface area contributed by atoms with E-state index in [4.69, 9.17) is 0 Å². The molecule has 4 heteroatoms. The van der Waals surface area contributed by atoms with Crippen LogP contribution in [0.5, 0.6) is 0 Å². The fourth-order valence-corrected chi connectivity index (χ4v) is 2.16. The van der Waals surface area contributed by atoms with Crippen molar-refractivity contribution >= 4 is 10.9 Å². The van der Waals surface area contributed by atoms with Crippen LogP contribution in [0.25, 0.3) is 22.0 Å². The first kappa shape index (κ1) is 10.8. The molecule has 0 aliphatic carbocycles. The number of hydrogen-bond acceptors (Lipinski definition) is 2. The number of nitrogens with one attached hydrogen (secondary N) is 2. The molecule has 18 heavy (non-hydrogen) atoms. The average molecular weight is 239 g/mol. The predicted molar refractivity (Wildman–Crippen MR) is 71.6 cm³/mol. The van der Waals surface area contributed by atoms with Crippen LogP contribution in [0.4, 0.5) is 0 Å². The van der Waals surface area contributed by atoms with E-state index < -0.39 is 0 Å². The summed E-state index contributed by atoms with van der Waals surface area (Å²) in [6.07, 6.45) is 1.87. The van der Waals surface area contributed by atoms with Crippen LogP contribution in [0.2, 0.25) is 0 Å². The second kappa shape index (κ2) is 3.84. The van der Waals surface area contributed by atoms with Crippen molar-refractivity contribution in [2.45, 2.75) is 13.8 Å². The lowest BCUT2D eigenvalue weighted by molar-refractivity contribution is 0.949. The van der Waals surface area contributed by atoms with Gasteiger partial charge in [-0.3, -0.25) is 4.79 Å². The molecule has 0 fully saturated rings. The highest BCUT2D eigenvalue weighted by molar-refractivity contribution is 5.95. The molecule has 0 spiro atoms. The lowest BCUT2D eigenvalue weighted by Crippen LogP contribution is -2.11. The molecule has 0 radical (unpaired) electrons. The highest BCUT2D eigenvalue weighted by Gasteiger charge is 2.10. The van der Waals surface area contributed by atoms with Crippen LogP contribution in [-0.2, 0) is 0 Å². The molecule has 0 unspecified atom stereocenters. The number of H-pyrrole nitrogens is 2. The summed E-state index contributed by atoms with van der Waals surface area (Å²) in [7, 11) is 0. The lowest BCUT2D eigenvalue weighted by atomic mass is 10.0. The highest BCUT2D eigenvalue weighted by atomic mass is 16.1. The van der Waals surface area contributed by atoms with E-state index in [9.17, 15) is 4.79 Å². The van der Waals surface area contributed by atoms with Gasteiger partial charge in [0, 0.05) is 22.7 Å². The normalized spacial score (nSPS) is 11.0. The van der Waals surface area contributed by atoms with Crippen LogP contribution in [0.3, 0.4) is 0 Å². The highest BCUT2D eigenvalue weighted by Crippen LogP contribution is 2.27. The molecule has 0 atom stereocenters. The fraction of sp³-hybridized carbons (Fsp3) is 0.143. The number of nitrogens with zero attached hydrogens (tertiary/aromatic N) is 1. The molecule has 4 nitrogen and oxygen atoms in total. The fourth-order valence-electron chi connectivity index (χ4n) is 2.16. The summed E-state index contributed by atoms with van der Waals surface area (Å²) in [4.78, 5) is 15.1. The molecule has 2 heterocycles. The van der Waals surface area contributed by atoms with Gasteiger partial charge in [-0.2, -0.15) is 5.10 Å². The first-order chi connectivity index (χ1) is 8.65. The van der Waals surface area contributed by atoms with Gasteiger partial charge < -0.3 is 4.98 Å². The van der Waals surface area contributed by atoms with Crippen LogP contribution >= 0.6 is 0 Å². The second-order valence-corrected chi connectivity index (χ2v) is 4.50. The molecule has 2 aromatic heterocycles. The minimum Gasteiger partial charge on any atom is -0.361 e. The van der Waals surface area contributed by atoms with Crippen molar-refractivity contribution in [3.05, 3.63) is 52.1 Å². The monoisotopic (exact) mass is 239 g/mol. The van der Waals surface area contributed by atoms with Gasteiger partial charge >= 0.3 is 0 Å². The van der Waals surface area contributed by atoms with Crippen molar-refractivity contribution in [3.63, 3.8) is 0 Å². The summed E-state index contributed by atoms with van der Waals surface area (Å²) in [6, 6.07) is 7.96. The Morgan fingerprint density at radius 1 is 1.11 bits per heavy atom. The largest absolute Gasteiger partial charge is 0.361 e. The summed E-state index contributed by atoms with van der Waals surface area (Å²) in [5.41, 5.74) is 4.41. The Hall–Kier alpha value is -2.36. The van der Waals surface area contributed by atoms with E-state index in [0.29, 0.717) is 5.56 Å². The van der Waals surface area contributed by atoms with E-state index in [1.807, 2.05) is 38.2 Å². The van der Waals surface area contributed by atoms with Gasteiger partial charge in [0.15, 0.2) is 0 Å². The molecular weight excluding hydrogens is 226 g/mol. The Morgan fingerprint density at radius 3 is 2.78 bits per heavy atom. The Bertz CT molecular complexity index is 783. The third-order valence-electron chi connectivity index (χ3n) is 3.06. The summed E-state index contributed by atoms with van der Waals surface area (Å²) in [6.45, 7) is 3.90. The zero-order valence-electron chi connectivity index (χ0n) is 10.2. The topological polar surface area (TPSA) is 61.5 Å². The summed E-state index contributed by atoms with van der Waals surface area (Å²) >= 11 is 0. The lowest BCUT2D eigenvalue weighted by Gasteiger charge is -2.00. The van der Waals surface area contributed by atoms with Gasteiger partial charge in [-0.05, 0) is 32.0 Å². The summed E-state index contributed by atoms with van der Waals surface area (Å²) < 4.78 is 0. The maximum atomic E-state index is 11.9. The van der Waals surface area contributed by atoms with E-state index in [1.54, 1.807) is 0 Å². The first-order valence-corrected chi connectivity index (χ1v) is 5.79. The number of aromatic nitrogens is 3. The van der Waals surface area contributed by atoms with E-state index in [1.165, 1.54) is 5.56 Å². The second-order valence-electron chi connectivity index (χ2n) is 4.50. The van der Waals surface area contributed by atoms with Crippen LogP contribution in [0, 0.1) is 13.8 Å². The molecule has 0 aliphatic rings. The average Bonchev–Trinajstić information content (AvgIpc) is 2.75. The molecule has 0 amide bonds. The van der Waals surface area contributed by atoms with Gasteiger partial charge in [0.1, 0.15) is 0 Å². The van der Waals surface area contributed by atoms with E-state index in [0.717, 1.165) is 22.2 Å². The minimum atomic E-state index is -0.164. The van der Waals surface area contributed by atoms with Gasteiger partial charge in [0.2, 0.25) is 0 Å². The Kier molecular flexibility index (Phi) is 2.30. The van der Waals surface area contributed by atoms with Crippen molar-refractivity contribution in [2.24, 2.45) is 0 Å². The quantitative estimate of drug-likeness (QED) is 0.685. The SMILES string of the molecule is Cc1ccc2[nH]cc(-c3cc(C)n[nH]c3=O)c2c1.